The van der Waals surface area contributed by atoms with Crippen LogP contribution in [-0.4, -0.2) is 48.4 Å². The molecule has 1 aromatic heterocycles. The van der Waals surface area contributed by atoms with Crippen molar-refractivity contribution in [3.63, 3.8) is 0 Å². The summed E-state index contributed by atoms with van der Waals surface area (Å²) in [6, 6.07) is 13.7. The van der Waals surface area contributed by atoms with Gasteiger partial charge >= 0.3 is 0 Å². The molecule has 3 aromatic rings. The molecule has 0 bridgehead atoms. The topological polar surface area (TPSA) is 77.2 Å². The van der Waals surface area contributed by atoms with Crippen LogP contribution in [0.3, 0.4) is 0 Å². The fourth-order valence-corrected chi connectivity index (χ4v) is 3.04. The molecular weight excluding hydrogens is 359 g/mol. The van der Waals surface area contributed by atoms with Crippen molar-refractivity contribution in [1.29, 1.82) is 0 Å². The first-order valence-electron chi connectivity index (χ1n) is 9.07. The minimum absolute atomic E-state index is 0.0341. The molecule has 1 heterocycles. The molecule has 28 heavy (non-hydrogen) atoms. The van der Waals surface area contributed by atoms with Crippen LogP contribution >= 0.6 is 0 Å². The van der Waals surface area contributed by atoms with Crippen molar-refractivity contribution in [3.8, 4) is 0 Å². The van der Waals surface area contributed by atoms with Crippen LogP contribution in [0.1, 0.15) is 5.56 Å². The van der Waals surface area contributed by atoms with Crippen molar-refractivity contribution in [2.75, 3.05) is 32.0 Å². The second kappa shape index (κ2) is 9.14. The Balaban J connectivity index is 1.39. The SMILES string of the molecule is CN(CC(=O)NCCc1c[nH]c2ccccc12)CC(=O)Nc1cccc(F)c1. The van der Waals surface area contributed by atoms with E-state index in [4.69, 9.17) is 0 Å². The van der Waals surface area contributed by atoms with Crippen LogP contribution in [-0.2, 0) is 16.0 Å². The van der Waals surface area contributed by atoms with E-state index in [9.17, 15) is 14.0 Å². The van der Waals surface area contributed by atoms with Gasteiger partial charge in [-0.2, -0.15) is 0 Å². The van der Waals surface area contributed by atoms with Crippen molar-refractivity contribution >= 4 is 28.4 Å². The summed E-state index contributed by atoms with van der Waals surface area (Å²) in [5, 5.41) is 6.64. The molecule has 146 valence electrons. The highest BCUT2D eigenvalue weighted by atomic mass is 19.1. The van der Waals surface area contributed by atoms with Gasteiger partial charge in [0.25, 0.3) is 0 Å². The standard InChI is InChI=1S/C21H23FN4O2/c1-26(14-21(28)25-17-6-4-5-16(22)11-17)13-20(27)23-10-9-15-12-24-19-8-3-2-7-18(15)19/h2-8,11-12,24H,9-10,13-14H2,1H3,(H,23,27)(H,25,28). The average molecular weight is 382 g/mol. The molecule has 0 aliphatic rings. The molecule has 0 aliphatic carbocycles. The molecule has 0 saturated heterocycles. The number of likely N-dealkylation sites (N-methyl/N-ethyl adjacent to an activating group) is 1. The number of rotatable bonds is 8. The minimum Gasteiger partial charge on any atom is -0.361 e. The van der Waals surface area contributed by atoms with Gasteiger partial charge in [0.15, 0.2) is 0 Å². The number of amides is 2. The maximum absolute atomic E-state index is 13.1. The molecule has 2 aromatic carbocycles. The molecule has 2 amide bonds. The van der Waals surface area contributed by atoms with E-state index in [1.54, 1.807) is 18.0 Å². The number of aromatic amines is 1. The van der Waals surface area contributed by atoms with Crippen LogP contribution in [0.15, 0.2) is 54.7 Å². The first-order valence-corrected chi connectivity index (χ1v) is 9.07. The van der Waals surface area contributed by atoms with Gasteiger partial charge in [0.2, 0.25) is 11.8 Å². The molecule has 0 aliphatic heterocycles. The zero-order valence-electron chi connectivity index (χ0n) is 15.7. The van der Waals surface area contributed by atoms with Crippen LogP contribution in [0.2, 0.25) is 0 Å². The lowest BCUT2D eigenvalue weighted by molar-refractivity contribution is -0.122. The molecular formula is C21H23FN4O2. The third kappa shape index (κ3) is 5.40. The number of carbonyl (C=O) groups is 2. The van der Waals surface area contributed by atoms with E-state index in [0.29, 0.717) is 12.2 Å². The molecule has 0 atom stereocenters. The van der Waals surface area contributed by atoms with Crippen LogP contribution < -0.4 is 10.6 Å². The fourth-order valence-electron chi connectivity index (χ4n) is 3.04. The van der Waals surface area contributed by atoms with Crippen molar-refractivity contribution in [3.05, 3.63) is 66.1 Å². The number of nitrogens with one attached hydrogen (secondary N) is 3. The highest BCUT2D eigenvalue weighted by Crippen LogP contribution is 2.17. The quantitative estimate of drug-likeness (QED) is 0.560. The van der Waals surface area contributed by atoms with E-state index in [0.717, 1.165) is 22.9 Å². The molecule has 3 N–H and O–H groups in total. The Labute approximate surface area is 162 Å². The predicted octanol–water partition coefficient (Wildman–Crippen LogP) is 2.54. The number of aromatic nitrogens is 1. The summed E-state index contributed by atoms with van der Waals surface area (Å²) in [5.41, 5.74) is 2.62. The normalized spacial score (nSPS) is 11.0. The highest BCUT2D eigenvalue weighted by Gasteiger charge is 2.11. The number of hydrogen-bond donors (Lipinski definition) is 3. The smallest absolute Gasteiger partial charge is 0.238 e. The number of halogens is 1. The van der Waals surface area contributed by atoms with E-state index in [1.807, 2.05) is 30.5 Å². The Kier molecular flexibility index (Phi) is 6.39. The lowest BCUT2D eigenvalue weighted by Gasteiger charge is -2.16. The summed E-state index contributed by atoms with van der Waals surface area (Å²) in [4.78, 5) is 28.9. The number of hydrogen-bond acceptors (Lipinski definition) is 3. The summed E-state index contributed by atoms with van der Waals surface area (Å²) in [7, 11) is 1.68. The van der Waals surface area contributed by atoms with Crippen molar-refractivity contribution in [2.45, 2.75) is 6.42 Å². The highest BCUT2D eigenvalue weighted by molar-refractivity contribution is 5.92. The largest absolute Gasteiger partial charge is 0.361 e. The van der Waals surface area contributed by atoms with Crippen LogP contribution in [0.4, 0.5) is 10.1 Å². The van der Waals surface area contributed by atoms with Gasteiger partial charge in [-0.15, -0.1) is 0 Å². The molecule has 6 nitrogen and oxygen atoms in total. The summed E-state index contributed by atoms with van der Waals surface area (Å²) in [6.45, 7) is 0.654. The summed E-state index contributed by atoms with van der Waals surface area (Å²) in [6.07, 6.45) is 2.68. The lowest BCUT2D eigenvalue weighted by atomic mass is 10.1. The predicted molar refractivity (Wildman–Crippen MR) is 108 cm³/mol. The Morgan fingerprint density at radius 1 is 1.07 bits per heavy atom. The average Bonchev–Trinajstić information content (AvgIpc) is 3.04. The first kappa shape index (κ1) is 19.6. The van der Waals surface area contributed by atoms with Gasteiger partial charge in [-0.1, -0.05) is 24.3 Å². The number of benzene rings is 2. The zero-order chi connectivity index (χ0) is 19.9. The second-order valence-corrected chi connectivity index (χ2v) is 6.69. The molecule has 0 fully saturated rings. The number of fused-ring (bicyclic) bond motifs is 1. The monoisotopic (exact) mass is 382 g/mol. The molecule has 0 radical (unpaired) electrons. The van der Waals surface area contributed by atoms with Gasteiger partial charge in [-0.05, 0) is 43.3 Å². The van der Waals surface area contributed by atoms with E-state index in [2.05, 4.69) is 15.6 Å². The van der Waals surface area contributed by atoms with Crippen LogP contribution in [0.25, 0.3) is 10.9 Å². The van der Waals surface area contributed by atoms with Gasteiger partial charge in [0.05, 0.1) is 13.1 Å². The fraction of sp³-hybridized carbons (Fsp3) is 0.238. The zero-order valence-corrected chi connectivity index (χ0v) is 15.7. The molecule has 3 rings (SSSR count). The number of H-pyrrole nitrogens is 1. The maximum atomic E-state index is 13.1. The Morgan fingerprint density at radius 3 is 2.68 bits per heavy atom. The second-order valence-electron chi connectivity index (χ2n) is 6.69. The van der Waals surface area contributed by atoms with Crippen molar-refractivity contribution in [1.82, 2.24) is 15.2 Å². The van der Waals surface area contributed by atoms with Crippen LogP contribution in [0.5, 0.6) is 0 Å². The Hall–Kier alpha value is -3.19. The molecule has 7 heteroatoms. The van der Waals surface area contributed by atoms with Gasteiger partial charge in [-0.3, -0.25) is 14.5 Å². The van der Waals surface area contributed by atoms with Gasteiger partial charge < -0.3 is 15.6 Å². The lowest BCUT2D eigenvalue weighted by Crippen LogP contribution is -2.39. The summed E-state index contributed by atoms with van der Waals surface area (Å²) >= 11 is 0. The van der Waals surface area contributed by atoms with E-state index in [-0.39, 0.29) is 24.9 Å². The number of para-hydroxylation sites is 1. The summed E-state index contributed by atoms with van der Waals surface area (Å²) in [5.74, 6) is -0.874. The van der Waals surface area contributed by atoms with Crippen molar-refractivity contribution < 1.29 is 14.0 Å². The number of carbonyl (C=O) groups excluding carboxylic acids is 2. The molecule has 0 spiro atoms. The van der Waals surface area contributed by atoms with E-state index >= 15 is 0 Å². The van der Waals surface area contributed by atoms with E-state index < -0.39 is 5.82 Å². The Morgan fingerprint density at radius 2 is 1.86 bits per heavy atom. The maximum Gasteiger partial charge on any atom is 0.238 e. The minimum atomic E-state index is -0.416. The first-order chi connectivity index (χ1) is 13.5. The van der Waals surface area contributed by atoms with Gasteiger partial charge in [-0.25, -0.2) is 4.39 Å². The van der Waals surface area contributed by atoms with Gasteiger partial charge in [0, 0.05) is 29.3 Å². The molecule has 0 saturated carbocycles. The van der Waals surface area contributed by atoms with Crippen LogP contribution in [0, 0.1) is 5.82 Å². The third-order valence-electron chi connectivity index (χ3n) is 4.33. The van der Waals surface area contributed by atoms with E-state index in [1.165, 1.54) is 18.2 Å². The molecule has 0 unspecified atom stereocenters. The Bertz CT molecular complexity index is 970. The summed E-state index contributed by atoms with van der Waals surface area (Å²) < 4.78 is 13.1. The van der Waals surface area contributed by atoms with Gasteiger partial charge in [0.1, 0.15) is 5.82 Å². The third-order valence-corrected chi connectivity index (χ3v) is 4.33. The number of nitrogens with zero attached hydrogens (tertiary/aromatic N) is 1. The number of anilines is 1. The van der Waals surface area contributed by atoms with Crippen molar-refractivity contribution in [2.24, 2.45) is 0 Å².